The van der Waals surface area contributed by atoms with Crippen molar-refractivity contribution in [3.8, 4) is 0 Å². The maximum atomic E-state index is 13.1. The molecule has 2 aromatic carbocycles. The van der Waals surface area contributed by atoms with Crippen molar-refractivity contribution in [3.63, 3.8) is 0 Å². The number of hydrogen-bond acceptors (Lipinski definition) is 3. The van der Waals surface area contributed by atoms with Gasteiger partial charge in [-0.1, -0.05) is 30.3 Å². The SMILES string of the molecule is C[C@H]1CC(=O)Nc2ccccc2N1C(=O)Cn1ncc2ccccc21. The van der Waals surface area contributed by atoms with Gasteiger partial charge in [-0.05, 0) is 25.1 Å². The van der Waals surface area contributed by atoms with Crippen LogP contribution in [0.15, 0.2) is 54.7 Å². The molecule has 0 radical (unpaired) electrons. The Kier molecular flexibility index (Phi) is 3.72. The molecule has 6 nitrogen and oxygen atoms in total. The van der Waals surface area contributed by atoms with Crippen molar-refractivity contribution in [3.05, 3.63) is 54.7 Å². The van der Waals surface area contributed by atoms with E-state index in [0.717, 1.165) is 16.6 Å². The number of hydrogen-bond donors (Lipinski definition) is 1. The molecular weight excluding hydrogens is 316 g/mol. The number of carbonyl (C=O) groups is 2. The smallest absolute Gasteiger partial charge is 0.249 e. The number of anilines is 2. The van der Waals surface area contributed by atoms with Gasteiger partial charge in [0.2, 0.25) is 11.8 Å². The van der Waals surface area contributed by atoms with Crippen LogP contribution in [-0.2, 0) is 16.1 Å². The second-order valence-electron chi connectivity index (χ2n) is 6.24. The normalized spacial score (nSPS) is 17.1. The van der Waals surface area contributed by atoms with E-state index in [-0.39, 0.29) is 30.8 Å². The van der Waals surface area contributed by atoms with Gasteiger partial charge < -0.3 is 10.2 Å². The highest BCUT2D eigenvalue weighted by atomic mass is 16.2. The Morgan fingerprint density at radius 1 is 1.20 bits per heavy atom. The van der Waals surface area contributed by atoms with E-state index in [1.807, 2.05) is 55.5 Å². The first kappa shape index (κ1) is 15.4. The van der Waals surface area contributed by atoms with Crippen LogP contribution < -0.4 is 10.2 Å². The zero-order valence-electron chi connectivity index (χ0n) is 13.8. The van der Waals surface area contributed by atoms with Gasteiger partial charge in [0.1, 0.15) is 6.54 Å². The second kappa shape index (κ2) is 6.05. The Bertz CT molecular complexity index is 963. The highest BCUT2D eigenvalue weighted by molar-refractivity contribution is 6.04. The summed E-state index contributed by atoms with van der Waals surface area (Å²) in [6.07, 6.45) is 2.02. The molecular formula is C19H18N4O2. The molecule has 0 spiro atoms. The van der Waals surface area contributed by atoms with Crippen molar-refractivity contribution in [2.24, 2.45) is 0 Å². The molecule has 1 aromatic heterocycles. The summed E-state index contributed by atoms with van der Waals surface area (Å²) in [6.45, 7) is 2.02. The fraction of sp³-hybridized carbons (Fsp3) is 0.211. The van der Waals surface area contributed by atoms with Crippen LogP contribution >= 0.6 is 0 Å². The molecule has 0 saturated carbocycles. The first-order valence-corrected chi connectivity index (χ1v) is 8.25. The summed E-state index contributed by atoms with van der Waals surface area (Å²) in [5.41, 5.74) is 2.30. The van der Waals surface area contributed by atoms with Gasteiger partial charge in [0.05, 0.1) is 23.1 Å². The number of fused-ring (bicyclic) bond motifs is 2. The summed E-state index contributed by atoms with van der Waals surface area (Å²) in [5.74, 6) is -0.176. The minimum absolute atomic E-state index is 0.0835. The van der Waals surface area contributed by atoms with E-state index in [1.54, 1.807) is 15.8 Å². The predicted molar refractivity (Wildman–Crippen MR) is 96.4 cm³/mol. The van der Waals surface area contributed by atoms with E-state index in [1.165, 1.54) is 0 Å². The molecule has 2 heterocycles. The number of nitrogens with zero attached hydrogens (tertiary/aromatic N) is 3. The largest absolute Gasteiger partial charge is 0.324 e. The van der Waals surface area contributed by atoms with E-state index in [2.05, 4.69) is 10.4 Å². The third-order valence-electron chi connectivity index (χ3n) is 4.46. The third kappa shape index (κ3) is 2.76. The number of rotatable bonds is 2. The lowest BCUT2D eigenvalue weighted by Crippen LogP contribution is -2.41. The van der Waals surface area contributed by atoms with E-state index in [0.29, 0.717) is 5.69 Å². The van der Waals surface area contributed by atoms with Crippen molar-refractivity contribution in [2.45, 2.75) is 25.9 Å². The Balaban J connectivity index is 1.70. The van der Waals surface area contributed by atoms with Gasteiger partial charge in [0.15, 0.2) is 0 Å². The lowest BCUT2D eigenvalue weighted by atomic mass is 10.1. The molecule has 1 N–H and O–H groups in total. The molecule has 2 amide bonds. The van der Waals surface area contributed by atoms with Crippen molar-refractivity contribution < 1.29 is 9.59 Å². The van der Waals surface area contributed by atoms with E-state index in [9.17, 15) is 9.59 Å². The maximum Gasteiger partial charge on any atom is 0.249 e. The first-order chi connectivity index (χ1) is 12.1. The fourth-order valence-corrected chi connectivity index (χ4v) is 3.32. The summed E-state index contributed by atoms with van der Waals surface area (Å²) in [5, 5.41) is 8.20. The van der Waals surface area contributed by atoms with Crippen LogP contribution in [0.3, 0.4) is 0 Å². The molecule has 3 aromatic rings. The fourth-order valence-electron chi connectivity index (χ4n) is 3.32. The monoisotopic (exact) mass is 334 g/mol. The van der Waals surface area contributed by atoms with Gasteiger partial charge in [-0.25, -0.2) is 0 Å². The number of aromatic nitrogens is 2. The summed E-state index contributed by atoms with van der Waals surface area (Å²) >= 11 is 0. The number of amides is 2. The topological polar surface area (TPSA) is 67.2 Å². The van der Waals surface area contributed by atoms with Crippen LogP contribution in [0.1, 0.15) is 13.3 Å². The van der Waals surface area contributed by atoms with E-state index in [4.69, 9.17) is 0 Å². The highest BCUT2D eigenvalue weighted by Gasteiger charge is 2.29. The van der Waals surface area contributed by atoms with Crippen molar-refractivity contribution in [1.82, 2.24) is 9.78 Å². The molecule has 0 fully saturated rings. The molecule has 0 saturated heterocycles. The van der Waals surface area contributed by atoms with E-state index < -0.39 is 0 Å². The van der Waals surface area contributed by atoms with Crippen LogP contribution in [-0.4, -0.2) is 27.6 Å². The van der Waals surface area contributed by atoms with Crippen LogP contribution in [0.25, 0.3) is 10.9 Å². The highest BCUT2D eigenvalue weighted by Crippen LogP contribution is 2.31. The number of benzene rings is 2. The average molecular weight is 334 g/mol. The molecule has 126 valence electrons. The molecule has 0 aliphatic carbocycles. The van der Waals surface area contributed by atoms with E-state index >= 15 is 0 Å². The minimum Gasteiger partial charge on any atom is -0.324 e. The summed E-state index contributed by atoms with van der Waals surface area (Å²) in [4.78, 5) is 26.8. The summed E-state index contributed by atoms with van der Waals surface area (Å²) in [7, 11) is 0. The number of carbonyl (C=O) groups excluding carboxylic acids is 2. The molecule has 1 aliphatic heterocycles. The van der Waals surface area contributed by atoms with Crippen LogP contribution in [0, 0.1) is 0 Å². The molecule has 25 heavy (non-hydrogen) atoms. The van der Waals surface area contributed by atoms with Gasteiger partial charge in [-0.15, -0.1) is 0 Å². The molecule has 1 aliphatic rings. The van der Waals surface area contributed by atoms with Gasteiger partial charge in [0, 0.05) is 17.8 Å². The quantitative estimate of drug-likeness (QED) is 0.783. The zero-order chi connectivity index (χ0) is 17.4. The molecule has 1 atom stereocenters. The van der Waals surface area contributed by atoms with Crippen LogP contribution in [0.4, 0.5) is 11.4 Å². The average Bonchev–Trinajstić information content (AvgIpc) is 2.93. The summed E-state index contributed by atoms with van der Waals surface area (Å²) in [6, 6.07) is 14.9. The van der Waals surface area contributed by atoms with Gasteiger partial charge in [-0.3, -0.25) is 14.3 Å². The first-order valence-electron chi connectivity index (χ1n) is 8.25. The second-order valence-corrected chi connectivity index (χ2v) is 6.24. The Morgan fingerprint density at radius 2 is 1.96 bits per heavy atom. The molecule has 6 heteroatoms. The minimum atomic E-state index is -0.224. The van der Waals surface area contributed by atoms with Crippen LogP contribution in [0.2, 0.25) is 0 Å². The molecule has 4 rings (SSSR count). The Morgan fingerprint density at radius 3 is 2.84 bits per heavy atom. The van der Waals surface area contributed by atoms with Crippen LogP contribution in [0.5, 0.6) is 0 Å². The van der Waals surface area contributed by atoms with Crippen molar-refractivity contribution >= 4 is 34.1 Å². The maximum absolute atomic E-state index is 13.1. The molecule has 0 unspecified atom stereocenters. The molecule has 0 bridgehead atoms. The number of nitrogens with one attached hydrogen (secondary N) is 1. The van der Waals surface area contributed by atoms with Crippen molar-refractivity contribution in [2.75, 3.05) is 10.2 Å². The lowest BCUT2D eigenvalue weighted by molar-refractivity contribution is -0.120. The van der Waals surface area contributed by atoms with Gasteiger partial charge in [-0.2, -0.15) is 5.10 Å². The third-order valence-corrected chi connectivity index (χ3v) is 4.46. The van der Waals surface area contributed by atoms with Gasteiger partial charge in [0.25, 0.3) is 0 Å². The van der Waals surface area contributed by atoms with Gasteiger partial charge >= 0.3 is 0 Å². The Hall–Kier alpha value is -3.15. The Labute approximate surface area is 145 Å². The predicted octanol–water partition coefficient (Wildman–Crippen LogP) is 2.80. The lowest BCUT2D eigenvalue weighted by Gasteiger charge is -2.28. The number of para-hydroxylation sites is 3. The zero-order valence-corrected chi connectivity index (χ0v) is 13.8. The summed E-state index contributed by atoms with van der Waals surface area (Å²) < 4.78 is 1.70. The van der Waals surface area contributed by atoms with Crippen molar-refractivity contribution in [1.29, 1.82) is 0 Å². The standard InChI is InChI=1S/C19H18N4O2/c1-13-10-18(24)21-15-7-3-5-9-17(15)23(13)19(25)12-22-16-8-4-2-6-14(16)11-20-22/h2-9,11,13H,10,12H2,1H3,(H,21,24)/t13-/m0/s1.